The number of aliphatic hydroxyl groups is 2. The second-order valence-corrected chi connectivity index (χ2v) is 11.0. The number of hydrogen-bond acceptors (Lipinski definition) is 4. The number of fused-ring (bicyclic) bond motifs is 1. The Morgan fingerprint density at radius 2 is 1.55 bits per heavy atom. The van der Waals surface area contributed by atoms with E-state index in [1.165, 1.54) is 0 Å². The van der Waals surface area contributed by atoms with Crippen molar-refractivity contribution in [1.82, 2.24) is 0 Å². The molecule has 1 heterocycles. The molecule has 3 N–H and O–H groups in total. The molecule has 4 rings (SSSR count). The van der Waals surface area contributed by atoms with Gasteiger partial charge in [0.05, 0.1) is 18.8 Å². The van der Waals surface area contributed by atoms with Crippen LogP contribution in [0.4, 0.5) is 5.69 Å². The zero-order valence-electron chi connectivity index (χ0n) is 20.7. The van der Waals surface area contributed by atoms with Gasteiger partial charge in [-0.15, -0.1) is 0 Å². The summed E-state index contributed by atoms with van der Waals surface area (Å²) >= 11 is 0. The van der Waals surface area contributed by atoms with Crippen LogP contribution in [-0.2, 0) is 4.79 Å². The molecule has 0 aromatic heterocycles. The topological polar surface area (TPSA) is 78.8 Å². The lowest BCUT2D eigenvalue weighted by Crippen LogP contribution is -2.21. The minimum atomic E-state index is -0.492. The molecule has 1 saturated carbocycles. The minimum Gasteiger partial charge on any atom is -0.492 e. The van der Waals surface area contributed by atoms with Gasteiger partial charge in [0, 0.05) is 29.5 Å². The highest BCUT2D eigenvalue weighted by molar-refractivity contribution is 5.93. The number of hydrogen-bond donors (Lipinski definition) is 3. The lowest BCUT2D eigenvalue weighted by atomic mass is 9.85. The molecule has 3 atom stereocenters. The smallest absolute Gasteiger partial charge is 0.224 e. The quantitative estimate of drug-likeness (QED) is 0.604. The highest BCUT2D eigenvalue weighted by atomic mass is 16.5. The van der Waals surface area contributed by atoms with Crippen molar-refractivity contribution in [2.45, 2.75) is 84.8 Å². The first-order chi connectivity index (χ1) is 15.5. The molecule has 0 bridgehead atoms. The third kappa shape index (κ3) is 4.53. The average Bonchev–Trinajstić information content (AvgIpc) is 3.32. The molecule has 3 unspecified atom stereocenters. The van der Waals surface area contributed by atoms with E-state index >= 15 is 0 Å². The SMILES string of the molecule is Cc1c(C)c2c(c(C)c1NC(=O)CC(C)(C)C)C(c1ccc(C3C(O)CCC3O)cc1)CO2. The Balaban J connectivity index is 1.66. The molecule has 5 nitrogen and oxygen atoms in total. The van der Waals surface area contributed by atoms with E-state index < -0.39 is 12.2 Å². The zero-order chi connectivity index (χ0) is 24.1. The molecule has 5 heteroatoms. The molecule has 1 aliphatic carbocycles. The van der Waals surface area contributed by atoms with Gasteiger partial charge in [0.25, 0.3) is 0 Å². The van der Waals surface area contributed by atoms with Gasteiger partial charge < -0.3 is 20.3 Å². The Bertz CT molecular complexity index is 1040. The van der Waals surface area contributed by atoms with Crippen molar-refractivity contribution in [3.05, 3.63) is 57.6 Å². The van der Waals surface area contributed by atoms with Crippen LogP contribution in [0.1, 0.15) is 85.3 Å². The minimum absolute atomic E-state index is 0.0292. The fourth-order valence-electron chi connectivity index (χ4n) is 5.47. The summed E-state index contributed by atoms with van der Waals surface area (Å²) in [5.41, 5.74) is 7.24. The standard InChI is InChI=1S/C28H37NO4/c1-15-16(2)27-24(17(3)26(15)29-23(32)13-28(4,5)6)20(14-33-27)18-7-9-19(10-8-18)25-21(30)11-12-22(25)31/h7-10,20-22,25,30-31H,11-14H2,1-6H3,(H,29,32). The maximum absolute atomic E-state index is 12.7. The third-order valence-electron chi connectivity index (χ3n) is 7.31. The van der Waals surface area contributed by atoms with Crippen LogP contribution < -0.4 is 10.1 Å². The molecule has 0 spiro atoms. The highest BCUT2D eigenvalue weighted by Crippen LogP contribution is 2.47. The summed E-state index contributed by atoms with van der Waals surface area (Å²) in [4.78, 5) is 12.7. The van der Waals surface area contributed by atoms with Crippen molar-refractivity contribution in [1.29, 1.82) is 0 Å². The van der Waals surface area contributed by atoms with Crippen LogP contribution >= 0.6 is 0 Å². The summed E-state index contributed by atoms with van der Waals surface area (Å²) in [5.74, 6) is 0.809. The average molecular weight is 452 g/mol. The van der Waals surface area contributed by atoms with E-state index in [1.54, 1.807) is 0 Å². The first-order valence-corrected chi connectivity index (χ1v) is 12.0. The first-order valence-electron chi connectivity index (χ1n) is 12.0. The van der Waals surface area contributed by atoms with Crippen LogP contribution in [0.5, 0.6) is 5.75 Å². The maximum Gasteiger partial charge on any atom is 0.224 e. The predicted octanol–water partition coefficient (Wildman–Crippen LogP) is 5.11. The monoisotopic (exact) mass is 451 g/mol. The maximum atomic E-state index is 12.7. The number of rotatable bonds is 4. The van der Waals surface area contributed by atoms with Gasteiger partial charge in [0.1, 0.15) is 5.75 Å². The molecule has 178 valence electrons. The molecule has 1 amide bonds. The number of amides is 1. The fraction of sp³-hybridized carbons (Fsp3) is 0.536. The molecule has 2 aromatic rings. The normalized spacial score (nSPS) is 24.5. The summed E-state index contributed by atoms with van der Waals surface area (Å²) in [6, 6.07) is 8.22. The van der Waals surface area contributed by atoms with Crippen molar-refractivity contribution in [2.75, 3.05) is 11.9 Å². The molecule has 2 aliphatic rings. The van der Waals surface area contributed by atoms with E-state index in [0.717, 1.165) is 44.8 Å². The van der Waals surface area contributed by atoms with Crippen molar-refractivity contribution >= 4 is 11.6 Å². The molecular formula is C28H37NO4. The summed E-state index contributed by atoms with van der Waals surface area (Å²) < 4.78 is 6.17. The van der Waals surface area contributed by atoms with Crippen molar-refractivity contribution in [3.63, 3.8) is 0 Å². The Morgan fingerprint density at radius 3 is 2.12 bits per heavy atom. The summed E-state index contributed by atoms with van der Waals surface area (Å²) in [6.07, 6.45) is 0.752. The van der Waals surface area contributed by atoms with Crippen LogP contribution in [-0.4, -0.2) is 34.9 Å². The van der Waals surface area contributed by atoms with E-state index in [2.05, 4.69) is 52.1 Å². The Morgan fingerprint density at radius 1 is 0.970 bits per heavy atom. The van der Waals surface area contributed by atoms with Gasteiger partial charge in [-0.05, 0) is 66.8 Å². The molecule has 2 aromatic carbocycles. The van der Waals surface area contributed by atoms with Gasteiger partial charge in [-0.3, -0.25) is 4.79 Å². The second kappa shape index (κ2) is 8.77. The summed E-state index contributed by atoms with van der Waals surface area (Å²) in [5, 5.41) is 23.7. The van der Waals surface area contributed by atoms with Gasteiger partial charge in [0.2, 0.25) is 5.91 Å². The van der Waals surface area contributed by atoms with Gasteiger partial charge >= 0.3 is 0 Å². The fourth-order valence-corrected chi connectivity index (χ4v) is 5.47. The molecule has 1 fully saturated rings. The van der Waals surface area contributed by atoms with E-state index in [4.69, 9.17) is 4.74 Å². The number of benzene rings is 2. The Kier molecular flexibility index (Phi) is 6.32. The lowest BCUT2D eigenvalue weighted by molar-refractivity contribution is -0.117. The van der Waals surface area contributed by atoms with Gasteiger partial charge in [-0.2, -0.15) is 0 Å². The summed E-state index contributed by atoms with van der Waals surface area (Å²) in [6.45, 7) is 12.9. The van der Waals surface area contributed by atoms with Gasteiger partial charge in [-0.25, -0.2) is 0 Å². The van der Waals surface area contributed by atoms with Crippen LogP contribution in [0, 0.1) is 26.2 Å². The summed E-state index contributed by atoms with van der Waals surface area (Å²) in [7, 11) is 0. The van der Waals surface area contributed by atoms with Crippen molar-refractivity contribution in [2.24, 2.45) is 5.41 Å². The van der Waals surface area contributed by atoms with E-state index in [0.29, 0.717) is 25.9 Å². The first kappa shape index (κ1) is 23.8. The molecule has 33 heavy (non-hydrogen) atoms. The van der Waals surface area contributed by atoms with E-state index in [9.17, 15) is 15.0 Å². The Labute approximate surface area is 197 Å². The van der Waals surface area contributed by atoms with E-state index in [-0.39, 0.29) is 23.2 Å². The van der Waals surface area contributed by atoms with Crippen LogP contribution in [0.25, 0.3) is 0 Å². The van der Waals surface area contributed by atoms with Crippen LogP contribution in [0.15, 0.2) is 24.3 Å². The lowest BCUT2D eigenvalue weighted by Gasteiger charge is -2.23. The number of carbonyl (C=O) groups is 1. The van der Waals surface area contributed by atoms with Crippen LogP contribution in [0.2, 0.25) is 0 Å². The van der Waals surface area contributed by atoms with Crippen molar-refractivity contribution < 1.29 is 19.7 Å². The third-order valence-corrected chi connectivity index (χ3v) is 7.31. The molecule has 0 radical (unpaired) electrons. The number of nitrogens with one attached hydrogen (secondary N) is 1. The number of anilines is 1. The van der Waals surface area contributed by atoms with Crippen LogP contribution in [0.3, 0.4) is 0 Å². The van der Waals surface area contributed by atoms with Gasteiger partial charge in [0.15, 0.2) is 0 Å². The Hall–Kier alpha value is -2.37. The molecule has 0 saturated heterocycles. The van der Waals surface area contributed by atoms with Crippen molar-refractivity contribution in [3.8, 4) is 5.75 Å². The molecular weight excluding hydrogens is 414 g/mol. The second-order valence-electron chi connectivity index (χ2n) is 11.0. The number of ether oxygens (including phenoxy) is 1. The molecule has 1 aliphatic heterocycles. The predicted molar refractivity (Wildman–Crippen MR) is 131 cm³/mol. The highest BCUT2D eigenvalue weighted by Gasteiger charge is 2.36. The number of aliphatic hydroxyl groups excluding tert-OH is 2. The zero-order valence-corrected chi connectivity index (χ0v) is 20.7. The van der Waals surface area contributed by atoms with Gasteiger partial charge in [-0.1, -0.05) is 45.0 Å². The van der Waals surface area contributed by atoms with E-state index in [1.807, 2.05) is 19.1 Å². The largest absolute Gasteiger partial charge is 0.492 e. The number of carbonyl (C=O) groups excluding carboxylic acids is 1.